The van der Waals surface area contributed by atoms with Gasteiger partial charge in [0, 0.05) is 63.7 Å². The number of hydrogen-bond donors (Lipinski definition) is 0. The summed E-state index contributed by atoms with van der Waals surface area (Å²) in [6.45, 7) is 0. The van der Waals surface area contributed by atoms with E-state index in [0.29, 0.717) is 5.95 Å². The van der Waals surface area contributed by atoms with Crippen molar-refractivity contribution in [3.63, 3.8) is 0 Å². The van der Waals surface area contributed by atoms with Crippen molar-refractivity contribution < 1.29 is 0 Å². The fraction of sp³-hybridized carbons (Fsp3) is 0. The predicted molar refractivity (Wildman–Crippen MR) is 249 cm³/mol. The molecule has 0 saturated heterocycles. The molecule has 4 nitrogen and oxygen atoms in total. The zero-order valence-corrected chi connectivity index (χ0v) is 32.5. The molecule has 0 unspecified atom stereocenters. The van der Waals surface area contributed by atoms with Gasteiger partial charge in [0.2, 0.25) is 5.95 Å². The van der Waals surface area contributed by atoms with Gasteiger partial charge in [0.1, 0.15) is 0 Å². The number of para-hydroxylation sites is 4. The van der Waals surface area contributed by atoms with Gasteiger partial charge in [0.15, 0.2) is 0 Å². The first kappa shape index (κ1) is 32.5. The highest BCUT2D eigenvalue weighted by Gasteiger charge is 2.22. The Morgan fingerprint density at radius 1 is 0.373 bits per heavy atom. The van der Waals surface area contributed by atoms with E-state index in [0.717, 1.165) is 44.4 Å². The summed E-state index contributed by atoms with van der Waals surface area (Å²) in [6.07, 6.45) is 0. The standard InChI is InChI=1S/C54H32N4S/c1-2-15-34(16-3-1)57-47-26-11-8-19-37(47)45-32-44(35-17-4-5-21-40(35)52(45)57)33-29-30-38-36-18-7-12-27-48(36)58(49(38)31-33)54-55-46-25-10-6-22-42(46)51(56-54)43-24-14-23-41-39-20-9-13-28-50(39)59-53(41)43/h1-32H. The van der Waals surface area contributed by atoms with Crippen molar-refractivity contribution in [3.05, 3.63) is 194 Å². The summed E-state index contributed by atoms with van der Waals surface area (Å²) >= 11 is 1.83. The van der Waals surface area contributed by atoms with Gasteiger partial charge in [-0.2, -0.15) is 0 Å². The summed E-state index contributed by atoms with van der Waals surface area (Å²) in [5, 5.41) is 10.8. The summed E-state index contributed by atoms with van der Waals surface area (Å²) in [4.78, 5) is 10.9. The van der Waals surface area contributed by atoms with Crippen molar-refractivity contribution in [2.24, 2.45) is 0 Å². The van der Waals surface area contributed by atoms with Gasteiger partial charge in [-0.05, 0) is 65.0 Å². The number of benzene rings is 9. The molecule has 13 aromatic rings. The number of thiophene rings is 1. The van der Waals surface area contributed by atoms with Crippen molar-refractivity contribution in [2.75, 3.05) is 0 Å². The molecule has 0 amide bonds. The molecular weight excluding hydrogens is 737 g/mol. The Labute approximate surface area is 342 Å². The first-order valence-electron chi connectivity index (χ1n) is 20.0. The molecule has 9 aromatic carbocycles. The maximum Gasteiger partial charge on any atom is 0.235 e. The van der Waals surface area contributed by atoms with Crippen LogP contribution in [0.5, 0.6) is 0 Å². The van der Waals surface area contributed by atoms with E-state index in [1.54, 1.807) is 0 Å². The zero-order chi connectivity index (χ0) is 38.6. The van der Waals surface area contributed by atoms with Crippen LogP contribution in [0.4, 0.5) is 0 Å². The van der Waals surface area contributed by atoms with Crippen LogP contribution in [0, 0.1) is 0 Å². The van der Waals surface area contributed by atoms with E-state index in [4.69, 9.17) is 9.97 Å². The van der Waals surface area contributed by atoms with Crippen LogP contribution < -0.4 is 0 Å². The molecular formula is C54H32N4S. The van der Waals surface area contributed by atoms with E-state index < -0.39 is 0 Å². The van der Waals surface area contributed by atoms with E-state index in [9.17, 15) is 0 Å². The number of nitrogens with zero attached hydrogens (tertiary/aromatic N) is 4. The fourth-order valence-electron chi connectivity index (χ4n) is 9.56. The van der Waals surface area contributed by atoms with Crippen LogP contribution in [0.3, 0.4) is 0 Å². The van der Waals surface area contributed by atoms with Crippen LogP contribution in [0.15, 0.2) is 194 Å². The lowest BCUT2D eigenvalue weighted by Gasteiger charge is -2.14. The van der Waals surface area contributed by atoms with Gasteiger partial charge in [0.25, 0.3) is 0 Å². The van der Waals surface area contributed by atoms with E-state index in [1.807, 2.05) is 11.3 Å². The smallest absolute Gasteiger partial charge is 0.235 e. The SMILES string of the molecule is c1ccc(-n2c3ccccc3c3cc(-c4ccc5c6ccccc6n(-c6nc(-c7cccc8c7sc7ccccc78)c7ccccc7n6)c5c4)c4ccccc4c32)cc1. The van der Waals surface area contributed by atoms with E-state index in [-0.39, 0.29) is 0 Å². The van der Waals surface area contributed by atoms with Crippen molar-refractivity contribution >= 4 is 96.8 Å². The highest BCUT2D eigenvalue weighted by Crippen LogP contribution is 2.44. The van der Waals surface area contributed by atoms with Crippen molar-refractivity contribution in [3.8, 4) is 34.0 Å². The lowest BCUT2D eigenvalue weighted by Crippen LogP contribution is -2.03. The molecule has 0 bridgehead atoms. The molecule has 5 heteroatoms. The van der Waals surface area contributed by atoms with Crippen LogP contribution in [-0.2, 0) is 0 Å². The molecule has 0 spiro atoms. The molecule has 13 rings (SSSR count). The molecule has 0 atom stereocenters. The molecule has 0 N–H and O–H groups in total. The minimum Gasteiger partial charge on any atom is -0.309 e. The third kappa shape index (κ3) is 4.71. The zero-order valence-electron chi connectivity index (χ0n) is 31.7. The van der Waals surface area contributed by atoms with Crippen LogP contribution in [0.1, 0.15) is 0 Å². The predicted octanol–water partition coefficient (Wildman–Crippen LogP) is 14.7. The minimum absolute atomic E-state index is 0.659. The Bertz CT molecular complexity index is 3850. The Hall–Kier alpha value is -7.60. The first-order valence-corrected chi connectivity index (χ1v) is 20.8. The maximum atomic E-state index is 5.55. The Morgan fingerprint density at radius 3 is 1.83 bits per heavy atom. The Kier molecular flexibility index (Phi) is 6.85. The maximum absolute atomic E-state index is 5.55. The largest absolute Gasteiger partial charge is 0.309 e. The molecule has 274 valence electrons. The highest BCUT2D eigenvalue weighted by molar-refractivity contribution is 7.26. The van der Waals surface area contributed by atoms with Crippen LogP contribution in [0.2, 0.25) is 0 Å². The van der Waals surface area contributed by atoms with Crippen LogP contribution in [-0.4, -0.2) is 19.1 Å². The lowest BCUT2D eigenvalue weighted by molar-refractivity contribution is 1.01. The topological polar surface area (TPSA) is 35.6 Å². The van der Waals surface area contributed by atoms with Crippen molar-refractivity contribution in [1.82, 2.24) is 19.1 Å². The lowest BCUT2D eigenvalue weighted by atomic mass is 9.94. The molecule has 0 aliphatic heterocycles. The van der Waals surface area contributed by atoms with E-state index in [1.165, 1.54) is 69.1 Å². The fourth-order valence-corrected chi connectivity index (χ4v) is 10.8. The molecule has 0 aliphatic rings. The Morgan fingerprint density at radius 2 is 1.00 bits per heavy atom. The highest BCUT2D eigenvalue weighted by atomic mass is 32.1. The number of rotatable bonds is 4. The minimum atomic E-state index is 0.659. The molecule has 0 saturated carbocycles. The second kappa shape index (κ2) is 12.4. The van der Waals surface area contributed by atoms with Gasteiger partial charge in [-0.1, -0.05) is 146 Å². The quantitative estimate of drug-likeness (QED) is 0.179. The van der Waals surface area contributed by atoms with Gasteiger partial charge in [-0.15, -0.1) is 11.3 Å². The molecule has 59 heavy (non-hydrogen) atoms. The average Bonchev–Trinajstić information content (AvgIpc) is 3.96. The summed E-state index contributed by atoms with van der Waals surface area (Å²) in [7, 11) is 0. The molecule has 4 heterocycles. The third-order valence-corrected chi connectivity index (χ3v) is 13.3. The monoisotopic (exact) mass is 768 g/mol. The van der Waals surface area contributed by atoms with Crippen LogP contribution >= 0.6 is 11.3 Å². The normalized spacial score (nSPS) is 12.1. The molecule has 4 aromatic heterocycles. The number of fused-ring (bicyclic) bond motifs is 12. The van der Waals surface area contributed by atoms with E-state index in [2.05, 4.69) is 203 Å². The van der Waals surface area contributed by atoms with Gasteiger partial charge >= 0.3 is 0 Å². The molecule has 0 fully saturated rings. The second-order valence-corrected chi connectivity index (χ2v) is 16.4. The second-order valence-electron chi connectivity index (χ2n) is 15.3. The first-order chi connectivity index (χ1) is 29.3. The summed E-state index contributed by atoms with van der Waals surface area (Å²) in [6, 6.07) is 70.1. The van der Waals surface area contributed by atoms with Gasteiger partial charge in [-0.25, -0.2) is 9.97 Å². The number of aromatic nitrogens is 4. The van der Waals surface area contributed by atoms with Crippen molar-refractivity contribution in [2.45, 2.75) is 0 Å². The molecule has 0 radical (unpaired) electrons. The van der Waals surface area contributed by atoms with E-state index >= 15 is 0 Å². The van der Waals surface area contributed by atoms with Gasteiger partial charge in [-0.3, -0.25) is 4.57 Å². The summed E-state index contributed by atoms with van der Waals surface area (Å²) in [5.41, 5.74) is 11.0. The summed E-state index contributed by atoms with van der Waals surface area (Å²) < 4.78 is 7.21. The van der Waals surface area contributed by atoms with Gasteiger partial charge < -0.3 is 4.57 Å². The van der Waals surface area contributed by atoms with Gasteiger partial charge in [0.05, 0.1) is 33.3 Å². The molecule has 0 aliphatic carbocycles. The van der Waals surface area contributed by atoms with Crippen molar-refractivity contribution in [1.29, 1.82) is 0 Å². The average molecular weight is 769 g/mol. The van der Waals surface area contributed by atoms with Crippen LogP contribution in [0.25, 0.3) is 119 Å². The Balaban J connectivity index is 1.09. The summed E-state index contributed by atoms with van der Waals surface area (Å²) in [5.74, 6) is 0.659. The third-order valence-electron chi connectivity index (χ3n) is 12.1. The number of hydrogen-bond acceptors (Lipinski definition) is 3.